The van der Waals surface area contributed by atoms with E-state index >= 15 is 0 Å². The molecule has 0 spiro atoms. The van der Waals surface area contributed by atoms with Crippen molar-refractivity contribution in [2.24, 2.45) is 11.8 Å². The van der Waals surface area contributed by atoms with Gasteiger partial charge in [0.15, 0.2) is 5.78 Å². The molecule has 27 heavy (non-hydrogen) atoms. The fourth-order valence-corrected chi connectivity index (χ4v) is 3.18. The largest absolute Gasteiger partial charge is 0.392 e. The molecule has 1 unspecified atom stereocenters. The first-order valence-electron chi connectivity index (χ1n) is 9.77. The normalized spacial score (nSPS) is 25.5. The second-order valence-corrected chi connectivity index (χ2v) is 7.54. The molecule has 6 heteroatoms. The monoisotopic (exact) mass is 382 g/mol. The molecule has 0 amide bonds. The minimum Gasteiger partial charge on any atom is -0.392 e. The Balaban J connectivity index is 2.51. The third-order valence-corrected chi connectivity index (χ3v) is 4.84. The van der Waals surface area contributed by atoms with Gasteiger partial charge in [-0.2, -0.15) is 0 Å². The van der Waals surface area contributed by atoms with E-state index in [1.54, 1.807) is 6.08 Å². The number of Topliss-reactive ketones (excluding diaryl/α,β-unsaturated/α-hetero) is 2. The molecule has 0 bridgehead atoms. The number of carbonyl (C=O) groups excluding carboxylic acids is 2. The first kappa shape index (κ1) is 23.7. The van der Waals surface area contributed by atoms with Gasteiger partial charge < -0.3 is 20.1 Å². The summed E-state index contributed by atoms with van der Waals surface area (Å²) in [5.74, 6) is -1.03. The summed E-state index contributed by atoms with van der Waals surface area (Å²) < 4.78 is 5.12. The molecule has 1 saturated carbocycles. The predicted octanol–water partition coefficient (Wildman–Crippen LogP) is 1.96. The Bertz CT molecular complexity index is 523. The first-order chi connectivity index (χ1) is 12.8. The molecule has 1 rings (SSSR count). The van der Waals surface area contributed by atoms with Crippen LogP contribution >= 0.6 is 0 Å². The zero-order valence-electron chi connectivity index (χ0n) is 16.5. The second kappa shape index (κ2) is 12.2. The zero-order chi connectivity index (χ0) is 20.3. The highest BCUT2D eigenvalue weighted by atomic mass is 16.5. The van der Waals surface area contributed by atoms with Crippen molar-refractivity contribution in [2.45, 2.75) is 64.1 Å². The van der Waals surface area contributed by atoms with Crippen LogP contribution in [-0.4, -0.2) is 58.4 Å². The Morgan fingerprint density at radius 2 is 2.07 bits per heavy atom. The molecule has 0 aromatic rings. The van der Waals surface area contributed by atoms with Crippen LogP contribution in [0.1, 0.15) is 52.4 Å². The average Bonchev–Trinajstić information content (AvgIpc) is 2.89. The van der Waals surface area contributed by atoms with E-state index in [4.69, 9.17) is 9.84 Å². The Morgan fingerprint density at radius 1 is 1.33 bits per heavy atom. The topological polar surface area (TPSA) is 104 Å². The highest BCUT2D eigenvalue weighted by molar-refractivity contribution is 5.86. The number of ketones is 2. The summed E-state index contributed by atoms with van der Waals surface area (Å²) >= 11 is 0. The number of hydrogen-bond acceptors (Lipinski definition) is 6. The van der Waals surface area contributed by atoms with Crippen molar-refractivity contribution >= 4 is 11.6 Å². The number of ether oxygens (including phenoxy) is 1. The van der Waals surface area contributed by atoms with Crippen molar-refractivity contribution < 1.29 is 29.6 Å². The molecule has 0 radical (unpaired) electrons. The lowest BCUT2D eigenvalue weighted by Crippen LogP contribution is -2.23. The van der Waals surface area contributed by atoms with Gasteiger partial charge in [-0.1, -0.05) is 44.1 Å². The summed E-state index contributed by atoms with van der Waals surface area (Å²) in [5, 5.41) is 29.1. The Labute approximate surface area is 161 Å². The molecular formula is C21H34O6. The van der Waals surface area contributed by atoms with Crippen molar-refractivity contribution in [1.29, 1.82) is 0 Å². The zero-order valence-corrected chi connectivity index (χ0v) is 16.5. The maximum atomic E-state index is 12.1. The number of aliphatic hydroxyl groups is 3. The quantitative estimate of drug-likeness (QED) is 0.332. The van der Waals surface area contributed by atoms with E-state index in [-0.39, 0.29) is 36.4 Å². The number of hydrogen-bond donors (Lipinski definition) is 3. The molecule has 1 aliphatic rings. The van der Waals surface area contributed by atoms with Gasteiger partial charge in [0.05, 0.1) is 18.3 Å². The fraction of sp³-hybridized carbons (Fsp3) is 0.714. The molecule has 154 valence electrons. The van der Waals surface area contributed by atoms with Crippen LogP contribution in [0.25, 0.3) is 0 Å². The molecular weight excluding hydrogens is 348 g/mol. The van der Waals surface area contributed by atoms with Crippen LogP contribution in [0, 0.1) is 11.8 Å². The van der Waals surface area contributed by atoms with Gasteiger partial charge >= 0.3 is 0 Å². The molecule has 4 atom stereocenters. The lowest BCUT2D eigenvalue weighted by Gasteiger charge is -2.22. The minimum atomic E-state index is -0.769. The first-order valence-corrected chi connectivity index (χ1v) is 9.77. The van der Waals surface area contributed by atoms with E-state index < -0.39 is 18.3 Å². The summed E-state index contributed by atoms with van der Waals surface area (Å²) in [6.07, 6.45) is 10.5. The van der Waals surface area contributed by atoms with Gasteiger partial charge in [-0.3, -0.25) is 9.59 Å². The Morgan fingerprint density at radius 3 is 2.74 bits per heavy atom. The average molecular weight is 382 g/mol. The Kier molecular flexibility index (Phi) is 10.7. The van der Waals surface area contributed by atoms with Crippen molar-refractivity contribution in [3.05, 3.63) is 24.3 Å². The Hall–Kier alpha value is -1.34. The molecule has 0 aromatic heterocycles. The van der Waals surface area contributed by atoms with Crippen LogP contribution < -0.4 is 0 Å². The van der Waals surface area contributed by atoms with Crippen LogP contribution in [0.2, 0.25) is 0 Å². The van der Waals surface area contributed by atoms with E-state index in [9.17, 15) is 19.8 Å². The van der Waals surface area contributed by atoms with Crippen molar-refractivity contribution in [2.75, 3.05) is 19.8 Å². The fourth-order valence-electron chi connectivity index (χ4n) is 3.18. The number of aliphatic hydroxyl groups excluding tert-OH is 2. The van der Waals surface area contributed by atoms with Crippen molar-refractivity contribution in [1.82, 2.24) is 0 Å². The van der Waals surface area contributed by atoms with Gasteiger partial charge in [-0.05, 0) is 26.2 Å². The number of rotatable bonds is 13. The minimum absolute atomic E-state index is 0.00233. The smallest absolute Gasteiger partial charge is 0.183 e. The maximum Gasteiger partial charge on any atom is 0.183 e. The van der Waals surface area contributed by atoms with Gasteiger partial charge in [-0.25, -0.2) is 0 Å². The molecule has 1 aliphatic carbocycles. The molecule has 0 aromatic carbocycles. The second-order valence-electron chi connectivity index (χ2n) is 7.54. The van der Waals surface area contributed by atoms with E-state index in [0.717, 1.165) is 19.3 Å². The third kappa shape index (κ3) is 8.93. The lowest BCUT2D eigenvalue weighted by molar-refractivity contribution is -0.126. The lowest BCUT2D eigenvalue weighted by atomic mass is 9.90. The standard InChI is InChI=1S/C21H34O6/c1-3-4-10-21(2,26)11-7-9-18-17(19(24)13-20(18)25)8-5-6-12-27-15-16(23)14-22/h5,7-9,17-18,20,22,25-26H,3-4,6,10-15H2,1-2H3/b8-5-,9-7+/t17-,18-,20-,21?/m1/s1. The molecule has 0 aliphatic heterocycles. The van der Waals surface area contributed by atoms with Gasteiger partial charge in [0, 0.05) is 18.3 Å². The molecule has 6 nitrogen and oxygen atoms in total. The van der Waals surface area contributed by atoms with E-state index in [0.29, 0.717) is 19.4 Å². The SMILES string of the molecule is CCCCC(C)(O)C/C=C/[C@H]1[C@H](O)CC(=O)[C@@H]1/C=C\CCOCC(=O)CO. The summed E-state index contributed by atoms with van der Waals surface area (Å²) in [4.78, 5) is 23.1. The number of unbranched alkanes of at least 4 members (excludes halogenated alkanes) is 1. The van der Waals surface area contributed by atoms with Gasteiger partial charge in [0.25, 0.3) is 0 Å². The third-order valence-electron chi connectivity index (χ3n) is 4.84. The summed E-state index contributed by atoms with van der Waals surface area (Å²) in [7, 11) is 0. The molecule has 0 saturated heterocycles. The van der Waals surface area contributed by atoms with Crippen LogP contribution in [0.5, 0.6) is 0 Å². The maximum absolute atomic E-state index is 12.1. The van der Waals surface area contributed by atoms with Crippen LogP contribution in [0.4, 0.5) is 0 Å². The van der Waals surface area contributed by atoms with E-state index in [2.05, 4.69) is 6.92 Å². The molecule has 0 heterocycles. The predicted molar refractivity (Wildman–Crippen MR) is 103 cm³/mol. The van der Waals surface area contributed by atoms with Gasteiger partial charge in [0.2, 0.25) is 0 Å². The molecule has 1 fully saturated rings. The van der Waals surface area contributed by atoms with Crippen LogP contribution in [0.3, 0.4) is 0 Å². The summed E-state index contributed by atoms with van der Waals surface area (Å²) in [5.41, 5.74) is -0.769. The van der Waals surface area contributed by atoms with E-state index in [1.807, 2.05) is 25.2 Å². The van der Waals surface area contributed by atoms with Crippen molar-refractivity contribution in [3.8, 4) is 0 Å². The molecule has 3 N–H and O–H groups in total. The highest BCUT2D eigenvalue weighted by Gasteiger charge is 2.38. The summed E-state index contributed by atoms with van der Waals surface area (Å²) in [6, 6.07) is 0. The highest BCUT2D eigenvalue weighted by Crippen LogP contribution is 2.32. The number of allylic oxidation sites excluding steroid dienone is 1. The van der Waals surface area contributed by atoms with Gasteiger partial charge in [0.1, 0.15) is 19.0 Å². The van der Waals surface area contributed by atoms with E-state index in [1.165, 1.54) is 0 Å². The summed E-state index contributed by atoms with van der Waals surface area (Å²) in [6.45, 7) is 3.58. The van der Waals surface area contributed by atoms with Crippen molar-refractivity contribution in [3.63, 3.8) is 0 Å². The number of carbonyl (C=O) groups is 2. The van der Waals surface area contributed by atoms with Crippen LogP contribution in [-0.2, 0) is 14.3 Å². The van der Waals surface area contributed by atoms with Gasteiger partial charge in [-0.15, -0.1) is 0 Å². The van der Waals surface area contributed by atoms with Crippen LogP contribution in [0.15, 0.2) is 24.3 Å².